The van der Waals surface area contributed by atoms with Crippen molar-refractivity contribution in [1.82, 2.24) is 14.9 Å². The van der Waals surface area contributed by atoms with Crippen LogP contribution in [0.3, 0.4) is 0 Å². The molecule has 0 fully saturated rings. The van der Waals surface area contributed by atoms with Crippen molar-refractivity contribution in [3.8, 4) is 5.88 Å². The summed E-state index contributed by atoms with van der Waals surface area (Å²) in [6.45, 7) is 1.62. The molecular weight excluding hydrogens is 186 g/mol. The highest BCUT2D eigenvalue weighted by atomic mass is 16.5. The normalized spacial score (nSPS) is 10.4. The zero-order valence-corrected chi connectivity index (χ0v) is 7.34. The third kappa shape index (κ3) is 1.26. The molecule has 0 amide bonds. The van der Waals surface area contributed by atoms with Crippen LogP contribution in [-0.2, 0) is 0 Å². The van der Waals surface area contributed by atoms with E-state index < -0.39 is 5.97 Å². The molecule has 6 nitrogen and oxygen atoms in total. The minimum atomic E-state index is -1.01. The zero-order chi connectivity index (χ0) is 10.1. The molecule has 14 heavy (non-hydrogen) atoms. The fourth-order valence-corrected chi connectivity index (χ4v) is 1.11. The lowest BCUT2D eigenvalue weighted by Gasteiger charge is -1.89. The number of carboxylic acid groups (broad SMARTS) is 1. The average molecular weight is 193 g/mol. The number of nitrogens with zero attached hydrogens (tertiary/aromatic N) is 3. The second-order valence-electron chi connectivity index (χ2n) is 2.73. The van der Waals surface area contributed by atoms with Gasteiger partial charge in [0.25, 0.3) is 5.88 Å². The van der Waals surface area contributed by atoms with Crippen molar-refractivity contribution in [2.24, 2.45) is 0 Å². The summed E-state index contributed by atoms with van der Waals surface area (Å²) in [5.74, 6) is -0.617. The van der Waals surface area contributed by atoms with Crippen LogP contribution in [0.4, 0.5) is 0 Å². The lowest BCUT2D eigenvalue weighted by atomic mass is 10.3. The van der Waals surface area contributed by atoms with E-state index in [9.17, 15) is 4.79 Å². The van der Waals surface area contributed by atoms with Gasteiger partial charge in [-0.2, -0.15) is 5.10 Å². The van der Waals surface area contributed by atoms with Gasteiger partial charge in [0.15, 0.2) is 0 Å². The molecule has 6 heteroatoms. The number of hydrogen-bond donors (Lipinski definition) is 1. The van der Waals surface area contributed by atoms with Crippen molar-refractivity contribution in [2.75, 3.05) is 0 Å². The Morgan fingerprint density at radius 3 is 2.93 bits per heavy atom. The number of carbonyl (C=O) groups is 1. The van der Waals surface area contributed by atoms with Gasteiger partial charge >= 0.3 is 5.97 Å². The second-order valence-corrected chi connectivity index (χ2v) is 2.73. The minimum absolute atomic E-state index is 0.154. The highest BCUT2D eigenvalue weighted by Crippen LogP contribution is 2.10. The van der Waals surface area contributed by atoms with E-state index in [1.54, 1.807) is 13.0 Å². The second kappa shape index (κ2) is 2.99. The molecule has 0 spiro atoms. The largest absolute Gasteiger partial charge is 0.478 e. The first-order valence-electron chi connectivity index (χ1n) is 3.89. The van der Waals surface area contributed by atoms with Crippen molar-refractivity contribution in [3.63, 3.8) is 0 Å². The van der Waals surface area contributed by atoms with Gasteiger partial charge < -0.3 is 9.63 Å². The molecular formula is C8H7N3O3. The van der Waals surface area contributed by atoms with E-state index in [2.05, 4.69) is 10.3 Å². The molecule has 0 unspecified atom stereocenters. The highest BCUT2D eigenvalue weighted by molar-refractivity contribution is 5.88. The molecule has 0 aliphatic carbocycles. The van der Waals surface area contributed by atoms with Gasteiger partial charge in [-0.1, -0.05) is 5.16 Å². The van der Waals surface area contributed by atoms with Crippen LogP contribution in [0.1, 0.15) is 16.1 Å². The molecule has 2 heterocycles. The Bertz CT molecular complexity index is 458. The number of carboxylic acids is 1. The summed E-state index contributed by atoms with van der Waals surface area (Å²) in [6.07, 6.45) is 2.85. The summed E-state index contributed by atoms with van der Waals surface area (Å²) in [6, 6.07) is 1.60. The molecule has 2 aromatic heterocycles. The Balaban J connectivity index is 2.48. The summed E-state index contributed by atoms with van der Waals surface area (Å²) < 4.78 is 6.16. The number of rotatable bonds is 2. The van der Waals surface area contributed by atoms with E-state index in [0.29, 0.717) is 11.6 Å². The molecule has 2 aromatic rings. The van der Waals surface area contributed by atoms with Crippen LogP contribution in [-0.4, -0.2) is 26.0 Å². The minimum Gasteiger partial charge on any atom is -0.478 e. The van der Waals surface area contributed by atoms with Gasteiger partial charge in [0.05, 0.1) is 11.9 Å². The van der Waals surface area contributed by atoms with Gasteiger partial charge in [0.1, 0.15) is 5.56 Å². The van der Waals surface area contributed by atoms with Crippen LogP contribution in [0.25, 0.3) is 5.88 Å². The van der Waals surface area contributed by atoms with Crippen LogP contribution in [0.5, 0.6) is 0 Å². The Morgan fingerprint density at radius 2 is 2.43 bits per heavy atom. The van der Waals surface area contributed by atoms with Gasteiger partial charge in [0.2, 0.25) is 0 Å². The lowest BCUT2D eigenvalue weighted by Crippen LogP contribution is -1.95. The fourth-order valence-electron chi connectivity index (χ4n) is 1.11. The quantitative estimate of drug-likeness (QED) is 0.765. The molecule has 0 radical (unpaired) electrons. The summed E-state index contributed by atoms with van der Waals surface area (Å²) >= 11 is 0. The van der Waals surface area contributed by atoms with Crippen LogP contribution in [0, 0.1) is 6.92 Å². The van der Waals surface area contributed by atoms with Gasteiger partial charge in [-0.3, -0.25) is 0 Å². The molecule has 0 bridgehead atoms. The smallest absolute Gasteiger partial charge is 0.339 e. The standard InChI is InChI=1S/C8H7N3O3/c1-5-6(8(12)13)4-11(10-5)7-2-3-9-14-7/h2-4H,1H3,(H,12,13). The van der Waals surface area contributed by atoms with Crippen LogP contribution >= 0.6 is 0 Å². The first-order valence-corrected chi connectivity index (χ1v) is 3.89. The van der Waals surface area contributed by atoms with E-state index >= 15 is 0 Å². The summed E-state index contributed by atoms with van der Waals surface area (Å²) in [7, 11) is 0. The summed E-state index contributed by atoms with van der Waals surface area (Å²) in [4.78, 5) is 10.7. The van der Waals surface area contributed by atoms with Crippen molar-refractivity contribution in [1.29, 1.82) is 0 Å². The van der Waals surface area contributed by atoms with E-state index in [-0.39, 0.29) is 5.56 Å². The molecule has 72 valence electrons. The first kappa shape index (κ1) is 8.49. The summed E-state index contributed by atoms with van der Waals surface area (Å²) in [5.41, 5.74) is 0.593. The molecule has 0 saturated carbocycles. The van der Waals surface area contributed by atoms with E-state index in [1.807, 2.05) is 0 Å². The monoisotopic (exact) mass is 193 g/mol. The van der Waals surface area contributed by atoms with E-state index in [0.717, 1.165) is 0 Å². The molecule has 0 aliphatic heterocycles. The number of aryl methyl sites for hydroxylation is 1. The molecule has 0 atom stereocenters. The summed E-state index contributed by atoms with van der Waals surface area (Å²) in [5, 5.41) is 16.3. The first-order chi connectivity index (χ1) is 6.68. The van der Waals surface area contributed by atoms with E-state index in [1.165, 1.54) is 17.1 Å². The molecule has 0 aromatic carbocycles. The van der Waals surface area contributed by atoms with Crippen molar-refractivity contribution in [3.05, 3.63) is 29.7 Å². The Morgan fingerprint density at radius 1 is 1.64 bits per heavy atom. The van der Waals surface area contributed by atoms with Crippen LogP contribution < -0.4 is 0 Å². The maximum absolute atomic E-state index is 10.7. The molecule has 0 saturated heterocycles. The maximum atomic E-state index is 10.7. The Labute approximate surface area is 78.7 Å². The zero-order valence-electron chi connectivity index (χ0n) is 7.34. The van der Waals surface area contributed by atoms with Gasteiger partial charge in [0, 0.05) is 12.3 Å². The SMILES string of the molecule is Cc1nn(-c2ccno2)cc1C(=O)O. The fraction of sp³-hybridized carbons (Fsp3) is 0.125. The molecule has 2 rings (SSSR count). The molecule has 1 N–H and O–H groups in total. The van der Waals surface area contributed by atoms with Gasteiger partial charge in [-0.15, -0.1) is 0 Å². The van der Waals surface area contributed by atoms with Gasteiger partial charge in [-0.25, -0.2) is 9.48 Å². The van der Waals surface area contributed by atoms with Crippen molar-refractivity contribution >= 4 is 5.97 Å². The third-order valence-electron chi connectivity index (χ3n) is 1.78. The third-order valence-corrected chi connectivity index (χ3v) is 1.78. The maximum Gasteiger partial charge on any atom is 0.339 e. The van der Waals surface area contributed by atoms with E-state index in [4.69, 9.17) is 9.63 Å². The number of hydrogen-bond acceptors (Lipinski definition) is 4. The van der Waals surface area contributed by atoms with Crippen LogP contribution in [0.2, 0.25) is 0 Å². The average Bonchev–Trinajstić information content (AvgIpc) is 2.70. The Hall–Kier alpha value is -2.11. The van der Waals surface area contributed by atoms with Crippen molar-refractivity contribution < 1.29 is 14.4 Å². The lowest BCUT2D eigenvalue weighted by molar-refractivity contribution is 0.0696. The predicted molar refractivity (Wildman–Crippen MR) is 45.3 cm³/mol. The van der Waals surface area contributed by atoms with Crippen molar-refractivity contribution in [2.45, 2.75) is 6.92 Å². The number of aromatic carboxylic acids is 1. The molecule has 0 aliphatic rings. The number of aromatic nitrogens is 3. The highest BCUT2D eigenvalue weighted by Gasteiger charge is 2.13. The Kier molecular flexibility index (Phi) is 1.81. The van der Waals surface area contributed by atoms with Gasteiger partial charge in [-0.05, 0) is 6.92 Å². The van der Waals surface area contributed by atoms with Crippen LogP contribution in [0.15, 0.2) is 23.0 Å². The predicted octanol–water partition coefficient (Wildman–Crippen LogP) is 0.867. The topological polar surface area (TPSA) is 81.2 Å².